The number of benzene rings is 1. The molecule has 0 aliphatic rings. The van der Waals surface area contributed by atoms with E-state index in [0.717, 1.165) is 5.56 Å². The Balaban J connectivity index is 2.07. The van der Waals surface area contributed by atoms with Crippen molar-refractivity contribution < 1.29 is 14.3 Å². The Hall–Kier alpha value is -2.44. The van der Waals surface area contributed by atoms with Gasteiger partial charge in [0.15, 0.2) is 0 Å². The lowest BCUT2D eigenvalue weighted by molar-refractivity contribution is -0.00512. The normalized spacial score (nSPS) is 11.9. The van der Waals surface area contributed by atoms with Gasteiger partial charge in [0.1, 0.15) is 0 Å². The summed E-state index contributed by atoms with van der Waals surface area (Å²) in [4.78, 5) is 12.4. The maximum atomic E-state index is 11.2. The summed E-state index contributed by atoms with van der Waals surface area (Å²) in [5.41, 5.74) is 0.845. The van der Waals surface area contributed by atoms with E-state index in [4.69, 9.17) is 4.74 Å². The van der Waals surface area contributed by atoms with E-state index < -0.39 is 12.4 Å². The summed E-state index contributed by atoms with van der Waals surface area (Å²) in [6, 6.07) is 9.42. The molecule has 0 aliphatic carbocycles. The molecule has 2 rings (SSSR count). The van der Waals surface area contributed by atoms with Gasteiger partial charge in [-0.05, 0) is 19.1 Å². The number of rotatable bonds is 4. The third-order valence-electron chi connectivity index (χ3n) is 2.31. The predicted octanol–water partition coefficient (Wildman–Crippen LogP) is 2.03. The molecule has 1 unspecified atom stereocenters. The Morgan fingerprint density at radius 1 is 1.37 bits per heavy atom. The van der Waals surface area contributed by atoms with Gasteiger partial charge in [0.05, 0.1) is 6.61 Å². The number of tetrazole rings is 1. The van der Waals surface area contributed by atoms with Crippen molar-refractivity contribution in [2.45, 2.75) is 20.1 Å². The zero-order chi connectivity index (χ0) is 13.7. The Morgan fingerprint density at radius 2 is 2.11 bits per heavy atom. The quantitative estimate of drug-likeness (QED) is 0.784. The highest BCUT2D eigenvalue weighted by atomic mass is 16.7. The molecule has 0 aliphatic heterocycles. The Morgan fingerprint density at radius 3 is 2.79 bits per heavy atom. The smallest absolute Gasteiger partial charge is 0.435 e. The Kier molecular flexibility index (Phi) is 4.07. The van der Waals surface area contributed by atoms with E-state index in [-0.39, 0.29) is 6.61 Å². The maximum absolute atomic E-state index is 11.2. The fourth-order valence-electron chi connectivity index (χ4n) is 1.42. The number of aromatic nitrogens is 4. The largest absolute Gasteiger partial charge is 0.510 e. The van der Waals surface area contributed by atoms with Gasteiger partial charge in [-0.1, -0.05) is 30.3 Å². The average Bonchev–Trinajstić information content (AvgIpc) is 2.89. The number of hydrogen-bond acceptors (Lipinski definition) is 6. The molecule has 7 heteroatoms. The van der Waals surface area contributed by atoms with E-state index in [1.54, 1.807) is 13.8 Å². The summed E-state index contributed by atoms with van der Waals surface area (Å²) >= 11 is 0. The molecule has 2 aromatic rings. The zero-order valence-electron chi connectivity index (χ0n) is 10.7. The molecule has 0 bridgehead atoms. The fourth-order valence-corrected chi connectivity index (χ4v) is 1.42. The minimum Gasteiger partial charge on any atom is -0.435 e. The molecule has 100 valence electrons. The molecule has 0 N–H and O–H groups in total. The van der Waals surface area contributed by atoms with Crippen molar-refractivity contribution in [3.8, 4) is 11.4 Å². The molecule has 0 saturated heterocycles. The van der Waals surface area contributed by atoms with Gasteiger partial charge in [0.25, 0.3) is 0 Å². The van der Waals surface area contributed by atoms with Crippen LogP contribution in [0.15, 0.2) is 30.3 Å². The van der Waals surface area contributed by atoms with Gasteiger partial charge in [-0.25, -0.2) is 4.79 Å². The van der Waals surface area contributed by atoms with Crippen LogP contribution in [0.3, 0.4) is 0 Å². The molecule has 1 aromatic heterocycles. The lowest BCUT2D eigenvalue weighted by Crippen LogP contribution is -2.17. The lowest BCUT2D eigenvalue weighted by Gasteiger charge is -2.10. The van der Waals surface area contributed by atoms with Crippen molar-refractivity contribution in [3.63, 3.8) is 0 Å². The molecule has 0 radical (unpaired) electrons. The van der Waals surface area contributed by atoms with Crippen molar-refractivity contribution in [2.24, 2.45) is 0 Å². The van der Waals surface area contributed by atoms with Crippen LogP contribution in [0.2, 0.25) is 0 Å². The van der Waals surface area contributed by atoms with Gasteiger partial charge in [-0.2, -0.15) is 0 Å². The SMILES string of the molecule is CCOC(=O)OC(C)n1nnc(-c2ccccc2)n1. The van der Waals surface area contributed by atoms with Crippen LogP contribution in [0.5, 0.6) is 0 Å². The van der Waals surface area contributed by atoms with Crippen LogP contribution in [-0.2, 0) is 9.47 Å². The van der Waals surface area contributed by atoms with E-state index in [1.807, 2.05) is 30.3 Å². The van der Waals surface area contributed by atoms with Gasteiger partial charge in [-0.3, -0.25) is 0 Å². The molecule has 19 heavy (non-hydrogen) atoms. The minimum atomic E-state index is -0.756. The predicted molar refractivity (Wildman–Crippen MR) is 66.1 cm³/mol. The van der Waals surface area contributed by atoms with Crippen LogP contribution in [0, 0.1) is 0 Å². The first-order chi connectivity index (χ1) is 9.20. The fraction of sp³-hybridized carbons (Fsp3) is 0.333. The van der Waals surface area contributed by atoms with Crippen molar-refractivity contribution in [2.75, 3.05) is 6.61 Å². The number of ether oxygens (including phenoxy) is 2. The molecule has 0 fully saturated rings. The summed E-state index contributed by atoms with van der Waals surface area (Å²) < 4.78 is 9.64. The number of carbonyl (C=O) groups is 1. The first-order valence-electron chi connectivity index (χ1n) is 5.89. The number of carbonyl (C=O) groups excluding carboxylic acids is 1. The zero-order valence-corrected chi connectivity index (χ0v) is 10.7. The van der Waals surface area contributed by atoms with Crippen molar-refractivity contribution in [1.82, 2.24) is 20.2 Å². The second kappa shape index (κ2) is 5.94. The second-order valence-corrected chi connectivity index (χ2v) is 3.70. The summed E-state index contributed by atoms with van der Waals surface area (Å²) in [5, 5.41) is 11.9. The molecule has 0 spiro atoms. The topological polar surface area (TPSA) is 79.1 Å². The summed E-state index contributed by atoms with van der Waals surface area (Å²) in [5.74, 6) is 0.472. The Labute approximate surface area is 110 Å². The van der Waals surface area contributed by atoms with E-state index in [0.29, 0.717) is 5.82 Å². The second-order valence-electron chi connectivity index (χ2n) is 3.70. The van der Waals surface area contributed by atoms with Crippen molar-refractivity contribution in [1.29, 1.82) is 0 Å². The van der Waals surface area contributed by atoms with Crippen LogP contribution in [0.4, 0.5) is 4.79 Å². The molecule has 7 nitrogen and oxygen atoms in total. The van der Waals surface area contributed by atoms with Crippen LogP contribution < -0.4 is 0 Å². The van der Waals surface area contributed by atoms with E-state index in [9.17, 15) is 4.79 Å². The van der Waals surface area contributed by atoms with Crippen molar-refractivity contribution in [3.05, 3.63) is 30.3 Å². The average molecular weight is 262 g/mol. The monoisotopic (exact) mass is 262 g/mol. The molecule has 1 heterocycles. The van der Waals surface area contributed by atoms with Gasteiger partial charge in [0.2, 0.25) is 12.1 Å². The first kappa shape index (κ1) is 13.0. The number of hydrogen-bond donors (Lipinski definition) is 0. The molecule has 0 amide bonds. The van der Waals surface area contributed by atoms with E-state index in [1.165, 1.54) is 4.80 Å². The maximum Gasteiger partial charge on any atom is 0.510 e. The molecule has 0 saturated carbocycles. The van der Waals surface area contributed by atoms with E-state index in [2.05, 4.69) is 20.1 Å². The highest BCUT2D eigenvalue weighted by Gasteiger charge is 2.15. The lowest BCUT2D eigenvalue weighted by atomic mass is 10.2. The standard InChI is InChI=1S/C12H14N4O3/c1-3-18-12(17)19-9(2)16-14-11(13-15-16)10-7-5-4-6-8-10/h4-9H,3H2,1-2H3. The Bertz CT molecular complexity index is 541. The molecule has 1 atom stereocenters. The number of nitrogens with zero attached hydrogens (tertiary/aromatic N) is 4. The molecular weight excluding hydrogens is 248 g/mol. The highest BCUT2D eigenvalue weighted by molar-refractivity contribution is 5.59. The van der Waals surface area contributed by atoms with Gasteiger partial charge in [0, 0.05) is 5.56 Å². The first-order valence-corrected chi connectivity index (χ1v) is 5.89. The van der Waals surface area contributed by atoms with Crippen LogP contribution >= 0.6 is 0 Å². The van der Waals surface area contributed by atoms with Crippen LogP contribution in [0.25, 0.3) is 11.4 Å². The highest BCUT2D eigenvalue weighted by Crippen LogP contribution is 2.14. The van der Waals surface area contributed by atoms with Crippen LogP contribution in [-0.4, -0.2) is 33.0 Å². The minimum absolute atomic E-state index is 0.256. The summed E-state index contributed by atoms with van der Waals surface area (Å²) in [6.45, 7) is 3.59. The van der Waals surface area contributed by atoms with Gasteiger partial charge in [-0.15, -0.1) is 15.0 Å². The summed E-state index contributed by atoms with van der Waals surface area (Å²) in [6.07, 6.45) is -1.43. The van der Waals surface area contributed by atoms with Crippen molar-refractivity contribution >= 4 is 6.16 Å². The van der Waals surface area contributed by atoms with Gasteiger partial charge < -0.3 is 9.47 Å². The summed E-state index contributed by atoms with van der Waals surface area (Å²) in [7, 11) is 0. The van der Waals surface area contributed by atoms with Crippen LogP contribution in [0.1, 0.15) is 20.1 Å². The van der Waals surface area contributed by atoms with Gasteiger partial charge >= 0.3 is 6.16 Å². The van der Waals surface area contributed by atoms with E-state index >= 15 is 0 Å². The third kappa shape index (κ3) is 3.27. The molecule has 1 aromatic carbocycles. The molecular formula is C12H14N4O3. The third-order valence-corrected chi connectivity index (χ3v) is 2.31.